The molecule has 6 heteroatoms. The van der Waals surface area contributed by atoms with Gasteiger partial charge in [-0.1, -0.05) is 11.6 Å². The van der Waals surface area contributed by atoms with Crippen molar-refractivity contribution in [3.8, 4) is 0 Å². The van der Waals surface area contributed by atoms with Crippen LogP contribution in [0.2, 0.25) is 5.02 Å². The molecule has 0 radical (unpaired) electrons. The van der Waals surface area contributed by atoms with Gasteiger partial charge in [-0.3, -0.25) is 4.21 Å². The Morgan fingerprint density at radius 1 is 1.16 bits per heavy atom. The lowest BCUT2D eigenvalue weighted by Gasteiger charge is -2.06. The van der Waals surface area contributed by atoms with Crippen molar-refractivity contribution in [1.82, 2.24) is 0 Å². The van der Waals surface area contributed by atoms with E-state index in [-0.39, 0.29) is 16.3 Å². The zero-order valence-electron chi connectivity index (χ0n) is 9.70. The Morgan fingerprint density at radius 2 is 1.89 bits per heavy atom. The average Bonchev–Trinajstić information content (AvgIpc) is 2.37. The van der Waals surface area contributed by atoms with Crippen molar-refractivity contribution < 1.29 is 13.0 Å². The van der Waals surface area contributed by atoms with Crippen LogP contribution in [-0.4, -0.2) is 4.21 Å². The highest BCUT2D eigenvalue weighted by atomic mass is 35.5. The van der Waals surface area contributed by atoms with Gasteiger partial charge in [0.25, 0.3) is 0 Å². The number of hydrogen-bond donors (Lipinski definition) is 1. The molecule has 2 nitrogen and oxygen atoms in total. The Labute approximate surface area is 116 Å². The molecule has 0 aliphatic heterocycles. The standard InChI is InChI=1S/C13H10ClF2NOS/c14-11-3-1-9(15)5-8(11)7-19(18)10-2-4-13(17)12(16)6-10/h1-6H,7,17H2. The topological polar surface area (TPSA) is 43.1 Å². The first kappa shape index (κ1) is 14.0. The molecule has 0 bridgehead atoms. The molecule has 0 aliphatic carbocycles. The van der Waals surface area contributed by atoms with E-state index in [2.05, 4.69) is 0 Å². The molecule has 0 fully saturated rings. The average molecular weight is 302 g/mol. The molecular weight excluding hydrogens is 292 g/mol. The molecule has 0 saturated heterocycles. The first-order valence-electron chi connectivity index (χ1n) is 5.34. The molecule has 0 aliphatic rings. The molecule has 19 heavy (non-hydrogen) atoms. The van der Waals surface area contributed by atoms with E-state index in [1.54, 1.807) is 0 Å². The normalized spacial score (nSPS) is 12.4. The predicted molar refractivity (Wildman–Crippen MR) is 72.3 cm³/mol. The van der Waals surface area contributed by atoms with Gasteiger partial charge in [0.15, 0.2) is 0 Å². The van der Waals surface area contributed by atoms with Gasteiger partial charge >= 0.3 is 0 Å². The van der Waals surface area contributed by atoms with E-state index < -0.39 is 22.4 Å². The molecule has 0 spiro atoms. The van der Waals surface area contributed by atoms with Crippen molar-refractivity contribution in [2.45, 2.75) is 10.6 Å². The molecule has 0 amide bonds. The van der Waals surface area contributed by atoms with Crippen LogP contribution in [0.5, 0.6) is 0 Å². The van der Waals surface area contributed by atoms with Crippen LogP contribution in [0.1, 0.15) is 5.56 Å². The highest BCUT2D eigenvalue weighted by Crippen LogP contribution is 2.22. The highest BCUT2D eigenvalue weighted by molar-refractivity contribution is 7.84. The molecule has 1 unspecified atom stereocenters. The molecule has 100 valence electrons. The van der Waals surface area contributed by atoms with Crippen molar-refractivity contribution in [3.05, 3.63) is 58.6 Å². The fourth-order valence-corrected chi connectivity index (χ4v) is 2.93. The zero-order valence-corrected chi connectivity index (χ0v) is 11.3. The Balaban J connectivity index is 2.25. The van der Waals surface area contributed by atoms with Crippen LogP contribution in [-0.2, 0) is 16.6 Å². The maximum absolute atomic E-state index is 13.3. The van der Waals surface area contributed by atoms with E-state index in [0.717, 1.165) is 6.07 Å². The Bertz CT molecular complexity index is 649. The summed E-state index contributed by atoms with van der Waals surface area (Å²) in [4.78, 5) is 0.284. The lowest BCUT2D eigenvalue weighted by molar-refractivity contribution is 0.625. The number of nitrogens with two attached hydrogens (primary N) is 1. The van der Waals surface area contributed by atoms with Crippen LogP contribution in [0.15, 0.2) is 41.3 Å². The number of halogens is 3. The fraction of sp³-hybridized carbons (Fsp3) is 0.0769. The summed E-state index contributed by atoms with van der Waals surface area (Å²) in [5.41, 5.74) is 5.75. The Kier molecular flexibility index (Phi) is 4.17. The van der Waals surface area contributed by atoms with E-state index >= 15 is 0 Å². The summed E-state index contributed by atoms with van der Waals surface area (Å²) in [6.45, 7) is 0. The summed E-state index contributed by atoms with van der Waals surface area (Å²) in [5, 5.41) is 0.325. The second-order valence-corrected chi connectivity index (χ2v) is 5.77. The van der Waals surface area contributed by atoms with Gasteiger partial charge in [-0.15, -0.1) is 0 Å². The summed E-state index contributed by atoms with van der Waals surface area (Å²) in [6, 6.07) is 7.76. The van der Waals surface area contributed by atoms with Gasteiger partial charge in [0, 0.05) is 9.92 Å². The maximum Gasteiger partial charge on any atom is 0.147 e. The smallest absolute Gasteiger partial charge is 0.147 e. The number of hydrogen-bond acceptors (Lipinski definition) is 2. The second kappa shape index (κ2) is 5.67. The largest absolute Gasteiger partial charge is 0.396 e. The summed E-state index contributed by atoms with van der Waals surface area (Å²) in [6.07, 6.45) is 0. The minimum Gasteiger partial charge on any atom is -0.396 e. The summed E-state index contributed by atoms with van der Waals surface area (Å²) >= 11 is 5.89. The zero-order chi connectivity index (χ0) is 14.0. The maximum atomic E-state index is 13.3. The molecule has 2 aromatic carbocycles. The van der Waals surface area contributed by atoms with E-state index in [1.807, 2.05) is 0 Å². The number of rotatable bonds is 3. The van der Waals surface area contributed by atoms with Gasteiger partial charge in [-0.05, 0) is 42.0 Å². The minimum absolute atomic E-state index is 0.00969. The van der Waals surface area contributed by atoms with Gasteiger partial charge in [-0.25, -0.2) is 8.78 Å². The highest BCUT2D eigenvalue weighted by Gasteiger charge is 2.11. The van der Waals surface area contributed by atoms with Crippen LogP contribution in [0.25, 0.3) is 0 Å². The summed E-state index contributed by atoms with van der Waals surface area (Å²) < 4.78 is 38.4. The van der Waals surface area contributed by atoms with Gasteiger partial charge in [0.1, 0.15) is 11.6 Å². The van der Waals surface area contributed by atoms with Crippen LogP contribution in [0.4, 0.5) is 14.5 Å². The number of nitrogen functional groups attached to an aromatic ring is 1. The van der Waals surface area contributed by atoms with E-state index in [1.165, 1.54) is 30.3 Å². The van der Waals surface area contributed by atoms with Crippen LogP contribution >= 0.6 is 11.6 Å². The van der Waals surface area contributed by atoms with Crippen molar-refractivity contribution in [3.63, 3.8) is 0 Å². The molecule has 1 atom stereocenters. The second-order valence-electron chi connectivity index (χ2n) is 3.91. The van der Waals surface area contributed by atoms with Crippen molar-refractivity contribution >= 4 is 28.1 Å². The predicted octanol–water partition coefficient (Wildman–Crippen LogP) is 3.51. The van der Waals surface area contributed by atoms with Crippen molar-refractivity contribution in [1.29, 1.82) is 0 Å². The Hall–Kier alpha value is -1.46. The van der Waals surface area contributed by atoms with Crippen LogP contribution in [0, 0.1) is 11.6 Å². The summed E-state index contributed by atoms with van der Waals surface area (Å²) in [7, 11) is -1.52. The number of benzene rings is 2. The van der Waals surface area contributed by atoms with Gasteiger partial charge in [-0.2, -0.15) is 0 Å². The molecule has 2 rings (SSSR count). The SMILES string of the molecule is Nc1ccc(S(=O)Cc2cc(F)ccc2Cl)cc1F. The lowest BCUT2D eigenvalue weighted by Crippen LogP contribution is -2.00. The minimum atomic E-state index is -1.52. The number of anilines is 1. The fourth-order valence-electron chi connectivity index (χ4n) is 1.53. The third-order valence-corrected chi connectivity index (χ3v) is 4.25. The van der Waals surface area contributed by atoms with Crippen molar-refractivity contribution in [2.75, 3.05) is 5.73 Å². The van der Waals surface area contributed by atoms with Crippen LogP contribution in [0.3, 0.4) is 0 Å². The third-order valence-electron chi connectivity index (χ3n) is 2.53. The molecule has 0 heterocycles. The molecule has 2 aromatic rings. The molecule has 2 N–H and O–H groups in total. The Morgan fingerprint density at radius 3 is 2.58 bits per heavy atom. The third kappa shape index (κ3) is 3.30. The van der Waals surface area contributed by atoms with Gasteiger partial charge in [0.05, 0.1) is 22.2 Å². The lowest BCUT2D eigenvalue weighted by atomic mass is 10.2. The van der Waals surface area contributed by atoms with Gasteiger partial charge < -0.3 is 5.73 Å². The van der Waals surface area contributed by atoms with E-state index in [9.17, 15) is 13.0 Å². The first-order chi connectivity index (χ1) is 8.97. The summed E-state index contributed by atoms with van der Waals surface area (Å²) in [5.74, 6) is -1.07. The monoisotopic (exact) mass is 301 g/mol. The van der Waals surface area contributed by atoms with Gasteiger partial charge in [0.2, 0.25) is 0 Å². The van der Waals surface area contributed by atoms with E-state index in [4.69, 9.17) is 17.3 Å². The van der Waals surface area contributed by atoms with E-state index in [0.29, 0.717) is 10.6 Å². The van der Waals surface area contributed by atoms with Crippen LogP contribution < -0.4 is 5.73 Å². The molecule has 0 saturated carbocycles. The molecular formula is C13H10ClF2NOS. The molecule has 0 aromatic heterocycles. The quantitative estimate of drug-likeness (QED) is 0.882. The van der Waals surface area contributed by atoms with Crippen molar-refractivity contribution in [2.24, 2.45) is 0 Å². The first-order valence-corrected chi connectivity index (χ1v) is 7.04.